The van der Waals surface area contributed by atoms with Crippen LogP contribution < -0.4 is 5.73 Å². The molecular weight excluding hydrogens is 118 g/mol. The number of nitrogens with two attached hydrogens (primary N) is 1. The van der Waals surface area contributed by atoms with E-state index in [4.69, 9.17) is 15.2 Å². The zero-order chi connectivity index (χ0) is 7.70. The molecule has 0 unspecified atom stereocenters. The lowest BCUT2D eigenvalue weighted by Crippen LogP contribution is -2.23. The van der Waals surface area contributed by atoms with Crippen LogP contribution in [0.1, 0.15) is 13.8 Å². The van der Waals surface area contributed by atoms with Crippen LogP contribution in [0.4, 0.5) is 0 Å². The molecule has 0 aliphatic carbocycles. The highest BCUT2D eigenvalue weighted by atomic mass is 16.7. The van der Waals surface area contributed by atoms with Gasteiger partial charge in [-0.3, -0.25) is 0 Å². The summed E-state index contributed by atoms with van der Waals surface area (Å²) in [6.07, 6.45) is -0.236. The molecule has 0 heterocycles. The van der Waals surface area contributed by atoms with E-state index >= 15 is 0 Å². The maximum Gasteiger partial charge on any atom is 0.168 e. The van der Waals surface area contributed by atoms with Crippen LogP contribution >= 0.6 is 0 Å². The number of hydrogen-bond donors (Lipinski definition) is 1. The van der Waals surface area contributed by atoms with Crippen molar-refractivity contribution in [2.45, 2.75) is 20.1 Å². The van der Waals surface area contributed by atoms with Gasteiger partial charge in [-0.15, -0.1) is 0 Å². The molecule has 0 atom stereocenters. The van der Waals surface area contributed by atoms with Gasteiger partial charge in [-0.05, 0) is 0 Å². The van der Waals surface area contributed by atoms with Crippen molar-refractivity contribution in [3.63, 3.8) is 0 Å². The Morgan fingerprint density at radius 2 is 1.56 bits per heavy atom. The first-order valence-corrected chi connectivity index (χ1v) is 3.10. The lowest BCUT2D eigenvalue weighted by atomic mass is 10.6. The van der Waals surface area contributed by atoms with Crippen LogP contribution in [0.5, 0.6) is 0 Å². The second-order valence-electron chi connectivity index (χ2n) is 1.14. The summed E-state index contributed by atoms with van der Waals surface area (Å²) < 4.78 is 9.40. The molecule has 3 heteroatoms. The zero-order valence-electron chi connectivity index (χ0n) is 6.68. The van der Waals surface area contributed by atoms with Gasteiger partial charge >= 0.3 is 0 Å². The van der Waals surface area contributed by atoms with Crippen LogP contribution in [-0.4, -0.2) is 27.1 Å². The van der Waals surface area contributed by atoms with Crippen LogP contribution in [0.2, 0.25) is 0 Å². The summed E-state index contributed by atoms with van der Waals surface area (Å²) in [5.74, 6) is 0. The summed E-state index contributed by atoms with van der Waals surface area (Å²) in [6.45, 7) is 4.41. The third-order valence-electron chi connectivity index (χ3n) is 0.718. The molecule has 0 aliphatic rings. The molecule has 3 nitrogen and oxygen atoms in total. The fourth-order valence-electron chi connectivity index (χ4n) is 0.289. The van der Waals surface area contributed by atoms with Crippen molar-refractivity contribution in [1.82, 2.24) is 0 Å². The molecular formula is C6H17NO2. The molecule has 0 fully saturated rings. The van der Waals surface area contributed by atoms with Crippen molar-refractivity contribution in [3.8, 4) is 0 Å². The highest BCUT2D eigenvalue weighted by molar-refractivity contribution is 4.37. The van der Waals surface area contributed by atoms with Gasteiger partial charge < -0.3 is 15.2 Å². The van der Waals surface area contributed by atoms with E-state index in [2.05, 4.69) is 0 Å². The molecule has 0 aromatic heterocycles. The van der Waals surface area contributed by atoms with E-state index in [-0.39, 0.29) is 6.29 Å². The van der Waals surface area contributed by atoms with Crippen molar-refractivity contribution in [3.05, 3.63) is 0 Å². The first-order chi connectivity index (χ1) is 4.35. The van der Waals surface area contributed by atoms with E-state index in [9.17, 15) is 0 Å². The van der Waals surface area contributed by atoms with Crippen molar-refractivity contribution in [2.75, 3.05) is 20.8 Å². The smallest absolute Gasteiger partial charge is 0.168 e. The molecule has 0 saturated heterocycles. The Morgan fingerprint density at radius 1 is 1.22 bits per heavy atom. The standard InChI is InChI=1S/C4H11NO2.C2H6/c1-6-4(3-5)7-2;1-2/h4H,3,5H2,1-2H3;1-2H3. The van der Waals surface area contributed by atoms with E-state index in [1.165, 1.54) is 0 Å². The third-order valence-corrected chi connectivity index (χ3v) is 0.718. The molecule has 2 N–H and O–H groups in total. The minimum Gasteiger partial charge on any atom is -0.355 e. The molecule has 0 saturated carbocycles. The summed E-state index contributed by atoms with van der Waals surface area (Å²) in [6, 6.07) is 0. The predicted molar refractivity (Wildman–Crippen MR) is 38.2 cm³/mol. The fraction of sp³-hybridized carbons (Fsp3) is 1.00. The lowest BCUT2D eigenvalue weighted by Gasteiger charge is -2.08. The predicted octanol–water partition coefficient (Wildman–Crippen LogP) is 0.590. The lowest BCUT2D eigenvalue weighted by molar-refractivity contribution is -0.0940. The van der Waals surface area contributed by atoms with Crippen LogP contribution in [-0.2, 0) is 9.47 Å². The minimum absolute atomic E-state index is 0.236. The first-order valence-electron chi connectivity index (χ1n) is 3.10. The summed E-state index contributed by atoms with van der Waals surface area (Å²) in [5.41, 5.74) is 5.14. The molecule has 0 aromatic rings. The first kappa shape index (κ1) is 11.6. The van der Waals surface area contributed by atoms with Gasteiger partial charge in [-0.1, -0.05) is 13.8 Å². The van der Waals surface area contributed by atoms with Gasteiger partial charge in [0.2, 0.25) is 0 Å². The van der Waals surface area contributed by atoms with E-state index in [1.54, 1.807) is 14.2 Å². The van der Waals surface area contributed by atoms with E-state index in [0.29, 0.717) is 6.54 Å². The number of rotatable bonds is 3. The normalized spacial score (nSPS) is 8.67. The number of methoxy groups -OCH3 is 2. The Balaban J connectivity index is 0. The minimum atomic E-state index is -0.236. The highest BCUT2D eigenvalue weighted by Crippen LogP contribution is 1.83. The fourth-order valence-corrected chi connectivity index (χ4v) is 0.289. The Morgan fingerprint density at radius 3 is 1.56 bits per heavy atom. The van der Waals surface area contributed by atoms with E-state index < -0.39 is 0 Å². The van der Waals surface area contributed by atoms with Gasteiger partial charge in [-0.2, -0.15) is 0 Å². The van der Waals surface area contributed by atoms with Crippen LogP contribution in [0.3, 0.4) is 0 Å². The van der Waals surface area contributed by atoms with Gasteiger partial charge in [0.25, 0.3) is 0 Å². The maximum atomic E-state index is 5.14. The Hall–Kier alpha value is -0.120. The molecule has 0 radical (unpaired) electrons. The molecule has 0 spiro atoms. The Kier molecular flexibility index (Phi) is 14.0. The number of ether oxygens (including phenoxy) is 2. The Bertz CT molecular complexity index is 32.5. The van der Waals surface area contributed by atoms with Crippen LogP contribution in [0.15, 0.2) is 0 Å². The zero-order valence-corrected chi connectivity index (χ0v) is 6.68. The summed E-state index contributed by atoms with van der Waals surface area (Å²) in [7, 11) is 3.11. The SMILES string of the molecule is CC.COC(CN)OC. The molecule has 0 amide bonds. The largest absolute Gasteiger partial charge is 0.355 e. The van der Waals surface area contributed by atoms with E-state index in [1.807, 2.05) is 13.8 Å². The van der Waals surface area contributed by atoms with Gasteiger partial charge in [0.05, 0.1) is 0 Å². The van der Waals surface area contributed by atoms with Gasteiger partial charge in [0.15, 0.2) is 6.29 Å². The third kappa shape index (κ3) is 7.88. The Labute approximate surface area is 57.1 Å². The molecule has 9 heavy (non-hydrogen) atoms. The van der Waals surface area contributed by atoms with Crippen LogP contribution in [0.25, 0.3) is 0 Å². The maximum absolute atomic E-state index is 5.14. The quantitative estimate of drug-likeness (QED) is 0.576. The molecule has 0 aromatic carbocycles. The number of hydrogen-bond acceptors (Lipinski definition) is 3. The molecule has 58 valence electrons. The average Bonchev–Trinajstić information content (AvgIpc) is 1.96. The van der Waals surface area contributed by atoms with Gasteiger partial charge in [0, 0.05) is 20.8 Å². The second kappa shape index (κ2) is 10.8. The summed E-state index contributed by atoms with van der Waals surface area (Å²) >= 11 is 0. The second-order valence-corrected chi connectivity index (χ2v) is 1.14. The van der Waals surface area contributed by atoms with E-state index in [0.717, 1.165) is 0 Å². The molecule has 0 aliphatic heterocycles. The molecule has 0 bridgehead atoms. The van der Waals surface area contributed by atoms with Crippen LogP contribution in [0, 0.1) is 0 Å². The van der Waals surface area contributed by atoms with Gasteiger partial charge in [-0.25, -0.2) is 0 Å². The summed E-state index contributed by atoms with van der Waals surface area (Å²) in [4.78, 5) is 0. The van der Waals surface area contributed by atoms with Crippen molar-refractivity contribution in [1.29, 1.82) is 0 Å². The van der Waals surface area contributed by atoms with Crippen molar-refractivity contribution in [2.24, 2.45) is 5.73 Å². The monoisotopic (exact) mass is 135 g/mol. The van der Waals surface area contributed by atoms with Crippen molar-refractivity contribution >= 4 is 0 Å². The van der Waals surface area contributed by atoms with Gasteiger partial charge in [0.1, 0.15) is 0 Å². The topological polar surface area (TPSA) is 44.5 Å². The summed E-state index contributed by atoms with van der Waals surface area (Å²) in [5, 5.41) is 0. The molecule has 0 rings (SSSR count). The average molecular weight is 135 g/mol. The van der Waals surface area contributed by atoms with Crippen molar-refractivity contribution < 1.29 is 9.47 Å². The highest BCUT2D eigenvalue weighted by Gasteiger charge is 1.96.